The van der Waals surface area contributed by atoms with Gasteiger partial charge in [0.25, 0.3) is 5.69 Å². The molecule has 0 spiro atoms. The molecule has 0 unspecified atom stereocenters. The van der Waals surface area contributed by atoms with Crippen LogP contribution < -0.4 is 4.74 Å². The second-order valence-electron chi connectivity index (χ2n) is 6.37. The molecule has 7 nitrogen and oxygen atoms in total. The molecule has 0 saturated carbocycles. The van der Waals surface area contributed by atoms with Crippen molar-refractivity contribution in [2.45, 2.75) is 32.5 Å². The summed E-state index contributed by atoms with van der Waals surface area (Å²) in [6.07, 6.45) is 3.12. The summed E-state index contributed by atoms with van der Waals surface area (Å²) in [6, 6.07) is 8.40. The summed E-state index contributed by atoms with van der Waals surface area (Å²) in [5, 5.41) is 11.1. The van der Waals surface area contributed by atoms with Gasteiger partial charge in [-0.1, -0.05) is 6.07 Å². The largest absolute Gasteiger partial charge is 0.467 e. The minimum Gasteiger partial charge on any atom is -0.467 e. The van der Waals surface area contributed by atoms with Gasteiger partial charge in [-0.3, -0.25) is 10.1 Å². The number of nitrogens with zero attached hydrogens (tertiary/aromatic N) is 1. The van der Waals surface area contributed by atoms with Gasteiger partial charge in [-0.25, -0.2) is 4.79 Å². The maximum Gasteiger partial charge on any atom is 0.338 e. The molecule has 0 radical (unpaired) electrons. The summed E-state index contributed by atoms with van der Waals surface area (Å²) in [7, 11) is 0. The smallest absolute Gasteiger partial charge is 0.338 e. The van der Waals surface area contributed by atoms with Crippen molar-refractivity contribution in [1.82, 2.24) is 0 Å². The fourth-order valence-electron chi connectivity index (χ4n) is 3.42. The molecule has 4 rings (SSSR count). The number of esters is 1. The third-order valence-electron chi connectivity index (χ3n) is 4.68. The number of rotatable bonds is 4. The van der Waals surface area contributed by atoms with Crippen LogP contribution in [0.1, 0.15) is 39.0 Å². The molecule has 1 aliphatic heterocycles. The number of non-ortho nitro benzene ring substituents is 1. The predicted molar refractivity (Wildman–Crippen MR) is 91.0 cm³/mol. The lowest BCUT2D eigenvalue weighted by atomic mass is 10.1. The van der Waals surface area contributed by atoms with Crippen LogP contribution in [0.4, 0.5) is 5.69 Å². The lowest BCUT2D eigenvalue weighted by Crippen LogP contribution is -2.15. The van der Waals surface area contributed by atoms with E-state index in [0.29, 0.717) is 22.4 Å². The molecule has 0 fully saturated rings. The van der Waals surface area contributed by atoms with Gasteiger partial charge in [0.15, 0.2) is 6.79 Å². The first-order valence-electron chi connectivity index (χ1n) is 8.41. The van der Waals surface area contributed by atoms with Crippen molar-refractivity contribution in [3.8, 4) is 5.75 Å². The van der Waals surface area contributed by atoms with Crippen molar-refractivity contribution in [3.05, 3.63) is 68.3 Å². The molecular weight excluding hydrogens is 338 g/mol. The molecule has 0 atom stereocenters. The van der Waals surface area contributed by atoms with E-state index in [2.05, 4.69) is 0 Å². The summed E-state index contributed by atoms with van der Waals surface area (Å²) < 4.78 is 16.0. The van der Waals surface area contributed by atoms with E-state index >= 15 is 0 Å². The number of ether oxygens (including phenoxy) is 3. The molecule has 0 amide bonds. The molecule has 0 bridgehead atoms. The number of nitro benzene ring substituents is 1. The standard InChI is InChI=1S/C19H17NO6/c21-19(14-5-4-12-2-1-3-13(12)6-14)25-10-16-8-17(20(22)23)7-15-9-24-11-26-18(15)16/h4-8H,1-3,9-11H2. The molecule has 26 heavy (non-hydrogen) atoms. The highest BCUT2D eigenvalue weighted by molar-refractivity contribution is 5.89. The van der Waals surface area contributed by atoms with E-state index in [1.54, 1.807) is 6.07 Å². The zero-order valence-electron chi connectivity index (χ0n) is 14.0. The van der Waals surface area contributed by atoms with Crippen molar-refractivity contribution in [2.24, 2.45) is 0 Å². The number of nitro groups is 1. The van der Waals surface area contributed by atoms with Crippen LogP contribution in [0.15, 0.2) is 30.3 Å². The van der Waals surface area contributed by atoms with Crippen LogP contribution in [-0.2, 0) is 35.5 Å². The van der Waals surface area contributed by atoms with Gasteiger partial charge in [-0.2, -0.15) is 0 Å². The van der Waals surface area contributed by atoms with E-state index in [1.165, 1.54) is 23.3 Å². The average Bonchev–Trinajstić information content (AvgIpc) is 3.13. The van der Waals surface area contributed by atoms with Gasteiger partial charge in [0.2, 0.25) is 0 Å². The third-order valence-corrected chi connectivity index (χ3v) is 4.68. The Balaban J connectivity index is 1.54. The van der Waals surface area contributed by atoms with Crippen LogP contribution in [0, 0.1) is 10.1 Å². The molecule has 7 heteroatoms. The SMILES string of the molecule is O=C(OCc1cc([N+](=O)[O-])cc2c1OCOC2)c1ccc2c(c1)CCC2. The minimum atomic E-state index is -0.485. The van der Waals surface area contributed by atoms with Gasteiger partial charge in [0, 0.05) is 23.3 Å². The molecule has 1 heterocycles. The Hall–Kier alpha value is -2.93. The van der Waals surface area contributed by atoms with Gasteiger partial charge >= 0.3 is 5.97 Å². The topological polar surface area (TPSA) is 87.9 Å². The van der Waals surface area contributed by atoms with Crippen LogP contribution in [0.2, 0.25) is 0 Å². The maximum atomic E-state index is 12.4. The highest BCUT2D eigenvalue weighted by atomic mass is 16.7. The first kappa shape index (κ1) is 16.5. The van der Waals surface area contributed by atoms with E-state index in [9.17, 15) is 14.9 Å². The van der Waals surface area contributed by atoms with Crippen molar-refractivity contribution < 1.29 is 23.9 Å². The van der Waals surface area contributed by atoms with E-state index < -0.39 is 10.9 Å². The average molecular weight is 355 g/mol. The Labute approximate surface area is 149 Å². The number of benzene rings is 2. The quantitative estimate of drug-likeness (QED) is 0.475. The Morgan fingerprint density at radius 1 is 1.15 bits per heavy atom. The Bertz CT molecular complexity index is 892. The molecule has 2 aliphatic rings. The zero-order valence-corrected chi connectivity index (χ0v) is 14.0. The molecule has 0 N–H and O–H groups in total. The summed E-state index contributed by atoms with van der Waals surface area (Å²) in [5.41, 5.74) is 3.92. The highest BCUT2D eigenvalue weighted by Gasteiger charge is 2.22. The number of aryl methyl sites for hydroxylation is 2. The van der Waals surface area contributed by atoms with E-state index in [4.69, 9.17) is 14.2 Å². The van der Waals surface area contributed by atoms with Crippen LogP contribution in [0.5, 0.6) is 5.75 Å². The van der Waals surface area contributed by atoms with Crippen molar-refractivity contribution >= 4 is 11.7 Å². The van der Waals surface area contributed by atoms with E-state index in [1.807, 2.05) is 12.1 Å². The second-order valence-corrected chi connectivity index (χ2v) is 6.37. The molecule has 0 saturated heterocycles. The third kappa shape index (κ3) is 3.13. The van der Waals surface area contributed by atoms with Crippen molar-refractivity contribution in [1.29, 1.82) is 0 Å². The number of carbonyl (C=O) groups is 1. The summed E-state index contributed by atoms with van der Waals surface area (Å²) >= 11 is 0. The highest BCUT2D eigenvalue weighted by Crippen LogP contribution is 2.33. The zero-order chi connectivity index (χ0) is 18.1. The Morgan fingerprint density at radius 2 is 2.00 bits per heavy atom. The van der Waals surface area contributed by atoms with Crippen LogP contribution in [0.3, 0.4) is 0 Å². The Kier molecular flexibility index (Phi) is 4.30. The summed E-state index contributed by atoms with van der Waals surface area (Å²) in [4.78, 5) is 23.0. The minimum absolute atomic E-state index is 0.0661. The van der Waals surface area contributed by atoms with Gasteiger partial charge in [0.1, 0.15) is 12.4 Å². The van der Waals surface area contributed by atoms with Crippen LogP contribution in [-0.4, -0.2) is 17.7 Å². The lowest BCUT2D eigenvalue weighted by Gasteiger charge is -2.20. The predicted octanol–water partition coefficient (Wildman–Crippen LogP) is 3.31. The lowest BCUT2D eigenvalue weighted by molar-refractivity contribution is -0.385. The van der Waals surface area contributed by atoms with Crippen LogP contribution in [0.25, 0.3) is 0 Å². The summed E-state index contributed by atoms with van der Waals surface area (Å²) in [6.45, 7) is 0.194. The van der Waals surface area contributed by atoms with Crippen molar-refractivity contribution in [3.63, 3.8) is 0 Å². The van der Waals surface area contributed by atoms with Gasteiger partial charge in [0.05, 0.1) is 17.1 Å². The first-order valence-corrected chi connectivity index (χ1v) is 8.41. The fourth-order valence-corrected chi connectivity index (χ4v) is 3.42. The van der Waals surface area contributed by atoms with Gasteiger partial charge < -0.3 is 14.2 Å². The number of hydrogen-bond donors (Lipinski definition) is 0. The van der Waals surface area contributed by atoms with Crippen molar-refractivity contribution in [2.75, 3.05) is 6.79 Å². The Morgan fingerprint density at radius 3 is 2.85 bits per heavy atom. The first-order chi connectivity index (χ1) is 12.6. The molecule has 2 aromatic carbocycles. The number of hydrogen-bond acceptors (Lipinski definition) is 6. The van der Waals surface area contributed by atoms with Gasteiger partial charge in [-0.05, 0) is 42.5 Å². The second kappa shape index (κ2) is 6.76. The number of fused-ring (bicyclic) bond motifs is 2. The molecule has 134 valence electrons. The van der Waals surface area contributed by atoms with E-state index in [0.717, 1.165) is 19.3 Å². The maximum absolute atomic E-state index is 12.4. The molecule has 0 aromatic heterocycles. The normalized spacial score (nSPS) is 14.9. The monoisotopic (exact) mass is 355 g/mol. The van der Waals surface area contributed by atoms with Gasteiger partial charge in [-0.15, -0.1) is 0 Å². The number of carbonyl (C=O) groups excluding carboxylic acids is 1. The van der Waals surface area contributed by atoms with E-state index in [-0.39, 0.29) is 25.7 Å². The van der Waals surface area contributed by atoms with Crippen LogP contribution >= 0.6 is 0 Å². The summed E-state index contributed by atoms with van der Waals surface area (Å²) in [5.74, 6) is 0.0376. The fraction of sp³-hybridized carbons (Fsp3) is 0.316. The molecular formula is C19H17NO6. The molecule has 2 aromatic rings. The molecule has 1 aliphatic carbocycles.